The number of terminal acetylenes is 1. The number of pyridine rings is 1. The summed E-state index contributed by atoms with van der Waals surface area (Å²) in [6.45, 7) is 13.1. The standard InChI is InChI=1S/C48H63N11O8/c1-4-25-64-27-29-66-31-32-67-30-28-65-26-24-57-22-20-56(21-23-57)17-9-16-55(2)15-8-14-50-47(61)45-53-36-59(54-45)46-43-42(41(63-3)35-52-46)40(34-51-43)44(60)48(62)58-18-12-38(13-19-58)39(33-49)37-10-6-5-7-11-37/h1,5-7,10-11,34-36,51H,8-9,12-32H2,2-3H3,(H,50,61). The number of allylic oxidation sites excluding steroid dienone is 1. The number of piperazine rings is 1. The summed E-state index contributed by atoms with van der Waals surface area (Å²) < 4.78 is 28.8. The molecule has 2 aliphatic heterocycles. The highest BCUT2D eigenvalue weighted by molar-refractivity contribution is 6.45. The zero-order valence-electron chi connectivity index (χ0n) is 38.8. The molecule has 0 unspecified atom stereocenters. The van der Waals surface area contributed by atoms with Crippen molar-refractivity contribution < 1.29 is 38.1 Å². The van der Waals surface area contributed by atoms with Crippen LogP contribution in [0.2, 0.25) is 0 Å². The average molecular weight is 922 g/mol. The molecule has 2 saturated heterocycles. The van der Waals surface area contributed by atoms with E-state index in [0.717, 1.165) is 76.3 Å². The number of likely N-dealkylation sites (tertiary alicyclic amines) is 1. The molecular formula is C48H63N11O8. The largest absolute Gasteiger partial charge is 0.494 e. The van der Waals surface area contributed by atoms with Crippen LogP contribution in [0.5, 0.6) is 5.75 Å². The topological polar surface area (TPSA) is 206 Å². The number of aromatic nitrogens is 5. The first-order chi connectivity index (χ1) is 32.8. The fourth-order valence-electron chi connectivity index (χ4n) is 8.05. The van der Waals surface area contributed by atoms with Gasteiger partial charge in [-0.1, -0.05) is 36.3 Å². The van der Waals surface area contributed by atoms with Gasteiger partial charge < -0.3 is 48.7 Å². The van der Waals surface area contributed by atoms with Crippen molar-refractivity contribution in [3.63, 3.8) is 0 Å². The maximum atomic E-state index is 13.7. The number of fused-ring (bicyclic) bond motifs is 1. The Morgan fingerprint density at radius 1 is 0.866 bits per heavy atom. The molecular weight excluding hydrogens is 859 g/mol. The minimum Gasteiger partial charge on any atom is -0.494 e. The van der Waals surface area contributed by atoms with Gasteiger partial charge in [-0.15, -0.1) is 11.5 Å². The second kappa shape index (κ2) is 26.9. The molecule has 2 fully saturated rings. The number of rotatable bonds is 27. The number of piperidine rings is 1. The van der Waals surface area contributed by atoms with E-state index in [2.05, 4.69) is 59.1 Å². The van der Waals surface area contributed by atoms with Crippen LogP contribution in [0.1, 0.15) is 52.2 Å². The lowest BCUT2D eigenvalue weighted by molar-refractivity contribution is -0.126. The molecule has 358 valence electrons. The van der Waals surface area contributed by atoms with E-state index in [-0.39, 0.29) is 17.2 Å². The predicted octanol–water partition coefficient (Wildman–Crippen LogP) is 2.69. The normalized spacial score (nSPS) is 14.6. The SMILES string of the molecule is C#CCOCCOCCOCCOCCN1CCN(CCCN(C)CCCNC(=O)c2ncn(-c3ncc(OC)c4c(C(=O)C(=O)N5CCC(=C(C#N)c6ccccc6)CC5)c[nH]c34)n2)CC1. The van der Waals surface area contributed by atoms with Crippen LogP contribution in [0.3, 0.4) is 0 Å². The molecule has 2 N–H and O–H groups in total. The molecule has 1 aromatic carbocycles. The number of carbonyl (C=O) groups excluding carboxylic acids is 3. The number of carbonyl (C=O) groups is 3. The van der Waals surface area contributed by atoms with Crippen molar-refractivity contribution in [3.05, 3.63) is 71.6 Å². The number of ketones is 1. The number of nitrogens with zero attached hydrogens (tertiary/aromatic N) is 9. The second-order valence-corrected chi connectivity index (χ2v) is 16.2. The smallest absolute Gasteiger partial charge is 0.295 e. The molecule has 0 radical (unpaired) electrons. The van der Waals surface area contributed by atoms with Gasteiger partial charge in [0.2, 0.25) is 5.82 Å². The van der Waals surface area contributed by atoms with E-state index in [9.17, 15) is 19.6 Å². The monoisotopic (exact) mass is 921 g/mol. The van der Waals surface area contributed by atoms with Gasteiger partial charge in [-0.25, -0.2) is 9.97 Å². The molecule has 19 nitrogen and oxygen atoms in total. The van der Waals surface area contributed by atoms with E-state index >= 15 is 0 Å². The maximum absolute atomic E-state index is 13.7. The molecule has 2 aliphatic rings. The minimum absolute atomic E-state index is 0.0298. The van der Waals surface area contributed by atoms with E-state index in [1.165, 1.54) is 35.4 Å². The van der Waals surface area contributed by atoms with E-state index in [1.54, 1.807) is 0 Å². The molecule has 0 saturated carbocycles. The van der Waals surface area contributed by atoms with Gasteiger partial charge in [-0.3, -0.25) is 19.3 Å². The molecule has 19 heteroatoms. The summed E-state index contributed by atoms with van der Waals surface area (Å²) in [5, 5.41) is 17.5. The molecule has 2 amide bonds. The van der Waals surface area contributed by atoms with E-state index in [1.807, 2.05) is 30.3 Å². The number of ether oxygens (including phenoxy) is 5. The number of nitrogens with one attached hydrogen (secondary N) is 2. The van der Waals surface area contributed by atoms with Gasteiger partial charge in [-0.05, 0) is 63.5 Å². The second-order valence-electron chi connectivity index (χ2n) is 16.2. The van der Waals surface area contributed by atoms with E-state index in [4.69, 9.17) is 30.1 Å². The Labute approximate surface area is 392 Å². The van der Waals surface area contributed by atoms with Gasteiger partial charge in [0.15, 0.2) is 5.82 Å². The Kier molecular flexibility index (Phi) is 20.3. The third-order valence-electron chi connectivity index (χ3n) is 11.7. The number of Topliss-reactive ketones (excluding diaryl/α,β-unsaturated/α-hetero) is 1. The average Bonchev–Trinajstić information content (AvgIpc) is 4.04. The lowest BCUT2D eigenvalue weighted by Crippen LogP contribution is -2.47. The third-order valence-corrected chi connectivity index (χ3v) is 11.7. The van der Waals surface area contributed by atoms with Crippen LogP contribution in [0.25, 0.3) is 22.3 Å². The van der Waals surface area contributed by atoms with Gasteiger partial charge in [0.1, 0.15) is 18.7 Å². The van der Waals surface area contributed by atoms with Crippen LogP contribution in [-0.4, -0.2) is 201 Å². The Balaban J connectivity index is 0.863. The number of hydrogen-bond acceptors (Lipinski definition) is 15. The van der Waals surface area contributed by atoms with Crippen molar-refractivity contribution in [1.29, 1.82) is 5.26 Å². The zero-order valence-corrected chi connectivity index (χ0v) is 38.8. The fourth-order valence-corrected chi connectivity index (χ4v) is 8.05. The van der Waals surface area contributed by atoms with Crippen molar-refractivity contribution >= 4 is 34.1 Å². The van der Waals surface area contributed by atoms with Gasteiger partial charge in [0, 0.05) is 58.6 Å². The third kappa shape index (κ3) is 14.7. The quantitative estimate of drug-likeness (QED) is 0.0290. The molecule has 0 bridgehead atoms. The highest BCUT2D eigenvalue weighted by Gasteiger charge is 2.31. The number of nitriles is 1. The Hall–Kier alpha value is -6.03. The Morgan fingerprint density at radius 2 is 1.52 bits per heavy atom. The summed E-state index contributed by atoms with van der Waals surface area (Å²) >= 11 is 0. The van der Waals surface area contributed by atoms with Gasteiger partial charge >= 0.3 is 0 Å². The summed E-state index contributed by atoms with van der Waals surface area (Å²) in [6.07, 6.45) is 12.2. The number of amides is 2. The molecule has 4 aromatic rings. The van der Waals surface area contributed by atoms with Crippen molar-refractivity contribution in [2.24, 2.45) is 0 Å². The highest BCUT2D eigenvalue weighted by atomic mass is 16.6. The summed E-state index contributed by atoms with van der Waals surface area (Å²) in [7, 11) is 3.55. The van der Waals surface area contributed by atoms with Crippen LogP contribution >= 0.6 is 0 Å². The number of methoxy groups -OCH3 is 1. The van der Waals surface area contributed by atoms with Crippen LogP contribution < -0.4 is 10.1 Å². The number of aromatic amines is 1. The molecule has 3 aromatic heterocycles. The lowest BCUT2D eigenvalue weighted by Gasteiger charge is -2.34. The Morgan fingerprint density at radius 3 is 2.19 bits per heavy atom. The number of benzene rings is 1. The molecule has 67 heavy (non-hydrogen) atoms. The van der Waals surface area contributed by atoms with Gasteiger partial charge in [-0.2, -0.15) is 9.94 Å². The van der Waals surface area contributed by atoms with Crippen molar-refractivity contribution in [3.8, 4) is 30.0 Å². The lowest BCUT2D eigenvalue weighted by atomic mass is 9.93. The molecule has 0 atom stereocenters. The minimum atomic E-state index is -0.702. The first kappa shape index (κ1) is 50.4. The fraction of sp³-hybridized carbons (Fsp3) is 0.521. The molecule has 5 heterocycles. The molecule has 6 rings (SSSR count). The zero-order chi connectivity index (χ0) is 47.2. The number of H-pyrrole nitrogens is 1. The van der Waals surface area contributed by atoms with Crippen molar-refractivity contribution in [2.45, 2.75) is 25.7 Å². The van der Waals surface area contributed by atoms with E-state index < -0.39 is 17.6 Å². The van der Waals surface area contributed by atoms with Gasteiger partial charge in [0.25, 0.3) is 17.6 Å². The van der Waals surface area contributed by atoms with Gasteiger partial charge in [0.05, 0.1) is 87.7 Å². The molecule has 0 spiro atoms. The maximum Gasteiger partial charge on any atom is 0.295 e. The van der Waals surface area contributed by atoms with Crippen molar-refractivity contribution in [2.75, 3.05) is 139 Å². The Bertz CT molecular complexity index is 2320. The predicted molar refractivity (Wildman–Crippen MR) is 251 cm³/mol. The number of hydrogen-bond donors (Lipinski definition) is 2. The van der Waals surface area contributed by atoms with Crippen molar-refractivity contribution in [1.82, 2.24) is 49.6 Å². The van der Waals surface area contributed by atoms with Crippen LogP contribution in [-0.2, 0) is 23.7 Å². The summed E-state index contributed by atoms with van der Waals surface area (Å²) in [6, 6.07) is 11.8. The summed E-state index contributed by atoms with van der Waals surface area (Å²) in [5.41, 5.74) is 2.93. The summed E-state index contributed by atoms with van der Waals surface area (Å²) in [4.78, 5) is 60.9. The first-order valence-corrected chi connectivity index (χ1v) is 22.9. The summed E-state index contributed by atoms with van der Waals surface area (Å²) in [5.74, 6) is 1.19. The first-order valence-electron chi connectivity index (χ1n) is 22.9. The van der Waals surface area contributed by atoms with Crippen LogP contribution in [0, 0.1) is 23.7 Å². The van der Waals surface area contributed by atoms with Crippen LogP contribution in [0.4, 0.5) is 0 Å². The van der Waals surface area contributed by atoms with Crippen LogP contribution in [0.15, 0.2) is 54.6 Å². The van der Waals surface area contributed by atoms with E-state index in [0.29, 0.717) is 108 Å². The highest BCUT2D eigenvalue weighted by Crippen LogP contribution is 2.33. The molecule has 0 aliphatic carbocycles.